The minimum absolute atomic E-state index is 0.0123. The fourth-order valence-corrected chi connectivity index (χ4v) is 2.18. The summed E-state index contributed by atoms with van der Waals surface area (Å²) < 4.78 is 4.71. The van der Waals surface area contributed by atoms with Crippen molar-refractivity contribution in [1.82, 2.24) is 4.90 Å². The number of methoxy groups -OCH3 is 1. The van der Waals surface area contributed by atoms with Crippen LogP contribution in [0.1, 0.15) is 20.3 Å². The van der Waals surface area contributed by atoms with Crippen molar-refractivity contribution in [2.75, 3.05) is 26.8 Å². The topological polar surface area (TPSA) is 66.8 Å². The predicted molar refractivity (Wildman–Crippen MR) is 57.6 cm³/mol. The van der Waals surface area contributed by atoms with Crippen molar-refractivity contribution in [3.8, 4) is 0 Å². The third kappa shape index (κ3) is 2.52. The van der Waals surface area contributed by atoms with E-state index in [1.165, 1.54) is 12.0 Å². The first-order valence-corrected chi connectivity index (χ1v) is 5.40. The second-order valence-electron chi connectivity index (χ2n) is 4.78. The maximum absolute atomic E-state index is 12.0. The van der Waals surface area contributed by atoms with Gasteiger partial charge in [-0.25, -0.2) is 0 Å². The number of β-amino-alcohol motifs (C(OH)–C–C–N with tert-alkyl or cyclic N) is 1. The highest BCUT2D eigenvalue weighted by molar-refractivity contribution is 5.85. The van der Waals surface area contributed by atoms with E-state index < -0.39 is 5.41 Å². The summed E-state index contributed by atoms with van der Waals surface area (Å²) in [5.74, 6) is -0.588. The molecular weight excluding hydrogens is 210 g/mol. The second-order valence-corrected chi connectivity index (χ2v) is 4.78. The molecule has 1 aliphatic rings. The summed E-state index contributed by atoms with van der Waals surface area (Å²) in [6.07, 6.45) is 0.500. The van der Waals surface area contributed by atoms with E-state index in [1.807, 2.05) is 13.8 Å². The number of rotatable bonds is 3. The standard InChI is InChI=1S/C11H19NO4/c1-11(2)6-8(9(14)16-3)7-12(4-5-13)10(11)15/h8,13H,4-7H2,1-3H3. The maximum Gasteiger partial charge on any atom is 0.310 e. The lowest BCUT2D eigenvalue weighted by atomic mass is 9.78. The lowest BCUT2D eigenvalue weighted by Crippen LogP contribution is -2.52. The molecule has 5 heteroatoms. The van der Waals surface area contributed by atoms with Crippen molar-refractivity contribution in [3.63, 3.8) is 0 Å². The quantitative estimate of drug-likeness (QED) is 0.693. The molecule has 0 bridgehead atoms. The average molecular weight is 229 g/mol. The number of amides is 1. The third-order valence-electron chi connectivity index (χ3n) is 2.97. The van der Waals surface area contributed by atoms with Gasteiger partial charge in [-0.15, -0.1) is 0 Å². The first-order valence-electron chi connectivity index (χ1n) is 5.40. The number of ether oxygens (including phenoxy) is 1. The van der Waals surface area contributed by atoms with Crippen LogP contribution in [0.5, 0.6) is 0 Å². The van der Waals surface area contributed by atoms with E-state index in [0.29, 0.717) is 13.0 Å². The molecule has 1 heterocycles. The van der Waals surface area contributed by atoms with Gasteiger partial charge in [0.05, 0.1) is 19.6 Å². The molecule has 16 heavy (non-hydrogen) atoms. The summed E-state index contributed by atoms with van der Waals surface area (Å²) in [7, 11) is 1.35. The highest BCUT2D eigenvalue weighted by Gasteiger charge is 2.42. The Bertz CT molecular complexity index is 288. The van der Waals surface area contributed by atoms with E-state index in [1.54, 1.807) is 0 Å². The number of carbonyl (C=O) groups is 2. The van der Waals surface area contributed by atoms with Crippen LogP contribution in [0.4, 0.5) is 0 Å². The Hall–Kier alpha value is -1.10. The van der Waals surface area contributed by atoms with Crippen LogP contribution in [0.15, 0.2) is 0 Å². The SMILES string of the molecule is COC(=O)C1CN(CCO)C(=O)C(C)(C)C1. The van der Waals surface area contributed by atoms with Crippen molar-refractivity contribution >= 4 is 11.9 Å². The third-order valence-corrected chi connectivity index (χ3v) is 2.97. The molecule has 1 atom stereocenters. The molecule has 5 nitrogen and oxygen atoms in total. The first-order chi connectivity index (χ1) is 7.42. The average Bonchev–Trinajstić information content (AvgIpc) is 2.23. The van der Waals surface area contributed by atoms with Crippen LogP contribution >= 0.6 is 0 Å². The molecule has 0 aromatic heterocycles. The lowest BCUT2D eigenvalue weighted by molar-refractivity contribution is -0.157. The van der Waals surface area contributed by atoms with Crippen molar-refractivity contribution < 1.29 is 19.4 Å². The predicted octanol–water partition coefficient (Wildman–Crippen LogP) is 0.0264. The van der Waals surface area contributed by atoms with Gasteiger partial charge in [0.2, 0.25) is 5.91 Å². The van der Waals surface area contributed by atoms with Gasteiger partial charge in [0.25, 0.3) is 0 Å². The number of esters is 1. The number of hydrogen-bond acceptors (Lipinski definition) is 4. The molecule has 0 aliphatic carbocycles. The molecule has 1 unspecified atom stereocenters. The Morgan fingerprint density at radius 1 is 1.62 bits per heavy atom. The van der Waals surface area contributed by atoms with Crippen LogP contribution in [-0.2, 0) is 14.3 Å². The Labute approximate surface area is 95.4 Å². The number of piperidine rings is 1. The number of hydrogen-bond donors (Lipinski definition) is 1. The van der Waals surface area contributed by atoms with Crippen LogP contribution in [0, 0.1) is 11.3 Å². The van der Waals surface area contributed by atoms with Gasteiger partial charge in [0.1, 0.15) is 0 Å². The molecule has 0 aromatic rings. The van der Waals surface area contributed by atoms with E-state index >= 15 is 0 Å². The normalized spacial score (nSPS) is 24.4. The van der Waals surface area contributed by atoms with Crippen LogP contribution in [0.3, 0.4) is 0 Å². The zero-order chi connectivity index (χ0) is 12.3. The highest BCUT2D eigenvalue weighted by Crippen LogP contribution is 2.33. The van der Waals surface area contributed by atoms with Gasteiger partial charge in [0, 0.05) is 18.5 Å². The van der Waals surface area contributed by atoms with Crippen LogP contribution < -0.4 is 0 Å². The van der Waals surface area contributed by atoms with Crippen LogP contribution in [0.25, 0.3) is 0 Å². The lowest BCUT2D eigenvalue weighted by Gasteiger charge is -2.40. The van der Waals surface area contributed by atoms with Gasteiger partial charge < -0.3 is 14.7 Å². The molecule has 0 saturated carbocycles. The number of nitrogens with zero attached hydrogens (tertiary/aromatic N) is 1. The van der Waals surface area contributed by atoms with Crippen molar-refractivity contribution in [3.05, 3.63) is 0 Å². The molecule has 1 rings (SSSR count). The number of likely N-dealkylation sites (tertiary alicyclic amines) is 1. The Morgan fingerprint density at radius 2 is 2.25 bits per heavy atom. The van der Waals surface area contributed by atoms with Crippen molar-refractivity contribution in [2.45, 2.75) is 20.3 Å². The second kappa shape index (κ2) is 4.82. The molecule has 0 radical (unpaired) electrons. The van der Waals surface area contributed by atoms with Crippen molar-refractivity contribution in [2.24, 2.45) is 11.3 Å². The fraction of sp³-hybridized carbons (Fsp3) is 0.818. The van der Waals surface area contributed by atoms with E-state index in [0.717, 1.165) is 0 Å². The molecule has 1 aliphatic heterocycles. The van der Waals surface area contributed by atoms with Gasteiger partial charge in [-0.2, -0.15) is 0 Å². The highest BCUT2D eigenvalue weighted by atomic mass is 16.5. The van der Waals surface area contributed by atoms with Gasteiger partial charge in [-0.3, -0.25) is 9.59 Å². The maximum atomic E-state index is 12.0. The minimum atomic E-state index is -0.563. The van der Waals surface area contributed by atoms with E-state index in [9.17, 15) is 9.59 Å². The summed E-state index contributed by atoms with van der Waals surface area (Å²) in [5, 5.41) is 8.88. The molecule has 92 valence electrons. The smallest absolute Gasteiger partial charge is 0.310 e. The van der Waals surface area contributed by atoms with Gasteiger partial charge >= 0.3 is 5.97 Å². The Balaban J connectivity index is 2.81. The number of aliphatic hydroxyl groups excluding tert-OH is 1. The van der Waals surface area contributed by atoms with Gasteiger partial charge in [0.15, 0.2) is 0 Å². The molecule has 0 spiro atoms. The largest absolute Gasteiger partial charge is 0.469 e. The monoisotopic (exact) mass is 229 g/mol. The van der Waals surface area contributed by atoms with E-state index in [2.05, 4.69) is 0 Å². The van der Waals surface area contributed by atoms with Gasteiger partial charge in [-0.05, 0) is 6.42 Å². The number of carbonyl (C=O) groups excluding carboxylic acids is 2. The zero-order valence-corrected chi connectivity index (χ0v) is 10.0. The summed E-state index contributed by atoms with van der Waals surface area (Å²) >= 11 is 0. The van der Waals surface area contributed by atoms with E-state index in [4.69, 9.17) is 9.84 Å². The summed E-state index contributed by atoms with van der Waals surface area (Å²) in [5.41, 5.74) is -0.563. The van der Waals surface area contributed by atoms with E-state index in [-0.39, 0.29) is 30.9 Å². The van der Waals surface area contributed by atoms with Gasteiger partial charge in [-0.1, -0.05) is 13.8 Å². The minimum Gasteiger partial charge on any atom is -0.469 e. The van der Waals surface area contributed by atoms with Crippen molar-refractivity contribution in [1.29, 1.82) is 0 Å². The number of aliphatic hydroxyl groups is 1. The summed E-state index contributed by atoms with van der Waals surface area (Å²) in [6.45, 7) is 4.16. The zero-order valence-electron chi connectivity index (χ0n) is 10.0. The molecule has 1 N–H and O–H groups in total. The van der Waals surface area contributed by atoms with Crippen LogP contribution in [0.2, 0.25) is 0 Å². The molecule has 1 amide bonds. The summed E-state index contributed by atoms with van der Waals surface area (Å²) in [4.78, 5) is 25.0. The molecular formula is C11H19NO4. The summed E-state index contributed by atoms with van der Waals surface area (Å²) in [6, 6.07) is 0. The Morgan fingerprint density at radius 3 is 2.75 bits per heavy atom. The molecule has 1 fully saturated rings. The molecule has 1 saturated heterocycles. The molecule has 0 aromatic carbocycles. The fourth-order valence-electron chi connectivity index (χ4n) is 2.18. The Kier molecular flexibility index (Phi) is 3.91. The first kappa shape index (κ1) is 13.0. The van der Waals surface area contributed by atoms with Crippen LogP contribution in [-0.4, -0.2) is 48.7 Å².